The third kappa shape index (κ3) is 4.20. The van der Waals surface area contributed by atoms with Gasteiger partial charge in [-0.1, -0.05) is 54.1 Å². The SMILES string of the molecule is CN(C)C(=O)Nc1cccc(/C=C2/c3ccccc3CCc3cc(Cl)ccc32)c1. The first kappa shape index (κ1) is 19.3. The first-order valence-electron chi connectivity index (χ1n) is 9.68. The van der Waals surface area contributed by atoms with Gasteiger partial charge in [-0.3, -0.25) is 0 Å². The summed E-state index contributed by atoms with van der Waals surface area (Å²) in [5.74, 6) is 0. The number of aryl methyl sites for hydroxylation is 2. The molecule has 146 valence electrons. The molecule has 0 spiro atoms. The quantitative estimate of drug-likeness (QED) is 0.550. The summed E-state index contributed by atoms with van der Waals surface area (Å²) in [6.45, 7) is 0. The average Bonchev–Trinajstić information content (AvgIpc) is 2.85. The van der Waals surface area contributed by atoms with Crippen LogP contribution in [0.4, 0.5) is 10.5 Å². The van der Waals surface area contributed by atoms with Crippen molar-refractivity contribution in [2.24, 2.45) is 0 Å². The maximum Gasteiger partial charge on any atom is 0.321 e. The van der Waals surface area contributed by atoms with Crippen molar-refractivity contribution >= 4 is 35.0 Å². The number of hydrogen-bond acceptors (Lipinski definition) is 1. The molecule has 4 heteroatoms. The van der Waals surface area contributed by atoms with Crippen LogP contribution < -0.4 is 5.32 Å². The fraction of sp³-hybridized carbons (Fsp3) is 0.160. The fourth-order valence-electron chi connectivity index (χ4n) is 3.71. The number of urea groups is 1. The van der Waals surface area contributed by atoms with Crippen LogP contribution in [0.1, 0.15) is 27.8 Å². The van der Waals surface area contributed by atoms with E-state index >= 15 is 0 Å². The zero-order valence-electron chi connectivity index (χ0n) is 16.6. The maximum atomic E-state index is 12.0. The molecule has 4 rings (SSSR count). The van der Waals surface area contributed by atoms with Gasteiger partial charge in [-0.2, -0.15) is 0 Å². The Morgan fingerprint density at radius 1 is 0.931 bits per heavy atom. The Morgan fingerprint density at radius 2 is 1.69 bits per heavy atom. The summed E-state index contributed by atoms with van der Waals surface area (Å²) >= 11 is 6.28. The van der Waals surface area contributed by atoms with Gasteiger partial charge in [-0.05, 0) is 76.6 Å². The molecule has 0 saturated heterocycles. The van der Waals surface area contributed by atoms with E-state index in [-0.39, 0.29) is 6.03 Å². The largest absolute Gasteiger partial charge is 0.331 e. The van der Waals surface area contributed by atoms with E-state index in [1.807, 2.05) is 24.3 Å². The lowest BCUT2D eigenvalue weighted by atomic mass is 9.92. The second-order valence-electron chi connectivity index (χ2n) is 7.47. The molecule has 1 aliphatic carbocycles. The van der Waals surface area contributed by atoms with Gasteiger partial charge < -0.3 is 10.2 Å². The number of carbonyl (C=O) groups is 1. The summed E-state index contributed by atoms with van der Waals surface area (Å²) in [5.41, 5.74) is 8.05. The number of fused-ring (bicyclic) bond motifs is 2. The number of nitrogens with zero attached hydrogens (tertiary/aromatic N) is 1. The smallest absolute Gasteiger partial charge is 0.321 e. The van der Waals surface area contributed by atoms with Crippen LogP contribution in [0.25, 0.3) is 11.6 Å². The van der Waals surface area contributed by atoms with Crippen LogP contribution in [-0.2, 0) is 12.8 Å². The number of anilines is 1. The third-order valence-corrected chi connectivity index (χ3v) is 5.42. The predicted octanol–water partition coefficient (Wildman–Crippen LogP) is 6.12. The van der Waals surface area contributed by atoms with Crippen LogP contribution in [0.3, 0.4) is 0 Å². The van der Waals surface area contributed by atoms with E-state index < -0.39 is 0 Å². The first-order chi connectivity index (χ1) is 14.0. The Kier molecular flexibility index (Phi) is 5.41. The predicted molar refractivity (Wildman–Crippen MR) is 121 cm³/mol. The first-order valence-corrected chi connectivity index (χ1v) is 10.1. The van der Waals surface area contributed by atoms with E-state index in [4.69, 9.17) is 11.6 Å². The van der Waals surface area contributed by atoms with Crippen molar-refractivity contribution in [1.29, 1.82) is 0 Å². The van der Waals surface area contributed by atoms with Gasteiger partial charge in [0.1, 0.15) is 0 Å². The number of hydrogen-bond donors (Lipinski definition) is 1. The van der Waals surface area contributed by atoms with Crippen LogP contribution in [0, 0.1) is 0 Å². The normalized spacial score (nSPS) is 14.0. The van der Waals surface area contributed by atoms with Crippen molar-refractivity contribution in [2.45, 2.75) is 12.8 Å². The van der Waals surface area contributed by atoms with Gasteiger partial charge in [0.15, 0.2) is 0 Å². The van der Waals surface area contributed by atoms with E-state index in [1.54, 1.807) is 14.1 Å². The summed E-state index contributed by atoms with van der Waals surface area (Å²) < 4.78 is 0. The van der Waals surface area contributed by atoms with Crippen molar-refractivity contribution in [3.8, 4) is 0 Å². The zero-order chi connectivity index (χ0) is 20.4. The lowest BCUT2D eigenvalue weighted by Crippen LogP contribution is -2.27. The monoisotopic (exact) mass is 402 g/mol. The van der Waals surface area contributed by atoms with E-state index in [2.05, 4.69) is 53.9 Å². The minimum atomic E-state index is -0.144. The van der Waals surface area contributed by atoms with E-state index in [0.717, 1.165) is 29.1 Å². The Bertz CT molecular complexity index is 1100. The van der Waals surface area contributed by atoms with Gasteiger partial charge in [0.25, 0.3) is 0 Å². The van der Waals surface area contributed by atoms with Crippen molar-refractivity contribution < 1.29 is 4.79 Å². The molecule has 3 nitrogen and oxygen atoms in total. The molecule has 0 atom stereocenters. The van der Waals surface area contributed by atoms with E-state index in [9.17, 15) is 4.79 Å². The second-order valence-corrected chi connectivity index (χ2v) is 7.90. The zero-order valence-corrected chi connectivity index (χ0v) is 17.3. The molecule has 0 aromatic heterocycles. The Morgan fingerprint density at radius 3 is 2.52 bits per heavy atom. The molecule has 0 saturated carbocycles. The summed E-state index contributed by atoms with van der Waals surface area (Å²) in [6, 6.07) is 22.5. The van der Waals surface area contributed by atoms with Gasteiger partial charge in [-0.15, -0.1) is 0 Å². The molecular weight excluding hydrogens is 380 g/mol. The minimum Gasteiger partial charge on any atom is -0.331 e. The van der Waals surface area contributed by atoms with Crippen molar-refractivity contribution in [2.75, 3.05) is 19.4 Å². The number of carbonyl (C=O) groups excluding carboxylic acids is 1. The highest BCUT2D eigenvalue weighted by molar-refractivity contribution is 6.30. The molecule has 0 unspecified atom stereocenters. The third-order valence-electron chi connectivity index (χ3n) is 5.18. The Labute approximate surface area is 176 Å². The van der Waals surface area contributed by atoms with Crippen molar-refractivity contribution in [1.82, 2.24) is 4.90 Å². The lowest BCUT2D eigenvalue weighted by Gasteiger charge is -2.14. The Balaban J connectivity index is 1.82. The standard InChI is InChI=1S/C25H23ClN2O/c1-28(2)25(29)27-21-8-5-6-17(14-21)15-24-22-9-4-3-7-18(22)10-11-19-16-20(26)12-13-23(19)24/h3-9,12-16H,10-11H2,1-2H3,(H,27,29)/b24-15-. The highest BCUT2D eigenvalue weighted by Crippen LogP contribution is 2.36. The van der Waals surface area contributed by atoms with Gasteiger partial charge in [-0.25, -0.2) is 4.79 Å². The van der Waals surface area contributed by atoms with Crippen LogP contribution in [0.2, 0.25) is 5.02 Å². The molecule has 3 aromatic carbocycles. The highest BCUT2D eigenvalue weighted by atomic mass is 35.5. The molecule has 3 aromatic rings. The van der Waals surface area contributed by atoms with Gasteiger partial charge in [0, 0.05) is 24.8 Å². The minimum absolute atomic E-state index is 0.144. The van der Waals surface area contributed by atoms with Gasteiger partial charge in [0.05, 0.1) is 0 Å². The maximum absolute atomic E-state index is 12.0. The number of amides is 2. The second kappa shape index (κ2) is 8.14. The highest BCUT2D eigenvalue weighted by Gasteiger charge is 2.18. The molecule has 1 N–H and O–H groups in total. The molecule has 0 radical (unpaired) electrons. The van der Waals surface area contributed by atoms with E-state index in [1.165, 1.54) is 32.7 Å². The molecule has 1 aliphatic rings. The summed E-state index contributed by atoms with van der Waals surface area (Å²) in [4.78, 5) is 13.5. The fourth-order valence-corrected chi connectivity index (χ4v) is 3.91. The Hall–Kier alpha value is -3.04. The van der Waals surface area contributed by atoms with Crippen LogP contribution in [0.15, 0.2) is 66.7 Å². The van der Waals surface area contributed by atoms with Crippen LogP contribution >= 0.6 is 11.6 Å². The molecule has 0 heterocycles. The van der Waals surface area contributed by atoms with E-state index in [0.29, 0.717) is 0 Å². The topological polar surface area (TPSA) is 32.3 Å². The average molecular weight is 403 g/mol. The lowest BCUT2D eigenvalue weighted by molar-refractivity contribution is 0.230. The van der Waals surface area contributed by atoms with Crippen LogP contribution in [-0.4, -0.2) is 25.0 Å². The molecule has 0 bridgehead atoms. The number of rotatable bonds is 2. The van der Waals surface area contributed by atoms with Crippen molar-refractivity contribution in [3.63, 3.8) is 0 Å². The summed E-state index contributed by atoms with van der Waals surface area (Å²) in [7, 11) is 3.46. The molecule has 2 amide bonds. The molecule has 0 fully saturated rings. The number of benzene rings is 3. The van der Waals surface area contributed by atoms with Crippen LogP contribution in [0.5, 0.6) is 0 Å². The van der Waals surface area contributed by atoms with Gasteiger partial charge >= 0.3 is 6.03 Å². The molecule has 0 aliphatic heterocycles. The molecular formula is C25H23ClN2O. The van der Waals surface area contributed by atoms with Gasteiger partial charge in [0.2, 0.25) is 0 Å². The molecule has 29 heavy (non-hydrogen) atoms. The number of nitrogens with one attached hydrogen (secondary N) is 1. The summed E-state index contributed by atoms with van der Waals surface area (Å²) in [6.07, 6.45) is 4.14. The van der Waals surface area contributed by atoms with Crippen molar-refractivity contribution in [3.05, 3.63) is 99.6 Å². The number of halogens is 1. The summed E-state index contributed by atoms with van der Waals surface area (Å²) in [5, 5.41) is 3.68.